The van der Waals surface area contributed by atoms with E-state index in [1.807, 2.05) is 44.2 Å². The summed E-state index contributed by atoms with van der Waals surface area (Å²) < 4.78 is 5.66. The Morgan fingerprint density at radius 1 is 1.33 bits per heavy atom. The van der Waals surface area contributed by atoms with Gasteiger partial charge in [0.05, 0.1) is 6.20 Å². The van der Waals surface area contributed by atoms with Crippen molar-refractivity contribution in [2.75, 3.05) is 6.54 Å². The summed E-state index contributed by atoms with van der Waals surface area (Å²) >= 11 is 0. The second-order valence-corrected chi connectivity index (χ2v) is 5.62. The van der Waals surface area contributed by atoms with E-state index >= 15 is 0 Å². The molecule has 21 heavy (non-hydrogen) atoms. The monoisotopic (exact) mass is 287 g/mol. The fraction of sp³-hybridized carbons (Fsp3) is 0.375. The molecule has 0 fully saturated rings. The van der Waals surface area contributed by atoms with E-state index < -0.39 is 0 Å². The highest BCUT2D eigenvalue weighted by atomic mass is 16.4. The first-order valence-corrected chi connectivity index (χ1v) is 7.01. The zero-order valence-electron chi connectivity index (χ0n) is 12.4. The minimum absolute atomic E-state index is 0.0510. The molecule has 0 aliphatic rings. The van der Waals surface area contributed by atoms with Crippen LogP contribution in [0.1, 0.15) is 26.2 Å². The lowest BCUT2D eigenvalue weighted by atomic mass is 10.1. The molecule has 0 unspecified atom stereocenters. The number of oxazole rings is 1. The molecule has 1 amide bonds. The number of rotatable bonds is 6. The van der Waals surface area contributed by atoms with Gasteiger partial charge in [-0.3, -0.25) is 4.79 Å². The van der Waals surface area contributed by atoms with Crippen LogP contribution in [0.3, 0.4) is 0 Å². The molecule has 5 heteroatoms. The highest BCUT2D eigenvalue weighted by Gasteiger charge is 2.18. The number of nitrogens with zero attached hydrogens (tertiary/aromatic N) is 1. The normalized spacial score (nSPS) is 11.4. The van der Waals surface area contributed by atoms with E-state index in [1.54, 1.807) is 6.20 Å². The third-order valence-electron chi connectivity index (χ3n) is 3.17. The Morgan fingerprint density at radius 3 is 2.71 bits per heavy atom. The topological polar surface area (TPSA) is 81.1 Å². The van der Waals surface area contributed by atoms with Gasteiger partial charge in [-0.15, -0.1) is 0 Å². The van der Waals surface area contributed by atoms with Crippen LogP contribution in [0.4, 0.5) is 0 Å². The summed E-state index contributed by atoms with van der Waals surface area (Å²) in [5, 5.41) is 2.88. The minimum Gasteiger partial charge on any atom is -0.441 e. The number of aromatic nitrogens is 1. The van der Waals surface area contributed by atoms with Crippen molar-refractivity contribution < 1.29 is 9.21 Å². The molecule has 2 rings (SSSR count). The van der Waals surface area contributed by atoms with Crippen LogP contribution < -0.4 is 11.1 Å². The lowest BCUT2D eigenvalue weighted by Gasteiger charge is -2.23. The van der Waals surface area contributed by atoms with Crippen molar-refractivity contribution in [3.05, 3.63) is 42.4 Å². The SMILES string of the molecule is CC(C)(CN)NC(=O)CCc1ncc(-c2ccccc2)o1. The molecule has 1 aromatic heterocycles. The maximum atomic E-state index is 11.8. The minimum atomic E-state index is -0.386. The van der Waals surface area contributed by atoms with Crippen molar-refractivity contribution in [1.29, 1.82) is 0 Å². The Kier molecular flexibility index (Phi) is 4.75. The summed E-state index contributed by atoms with van der Waals surface area (Å²) in [5.41, 5.74) is 6.17. The zero-order valence-corrected chi connectivity index (χ0v) is 12.4. The third-order valence-corrected chi connectivity index (χ3v) is 3.17. The largest absolute Gasteiger partial charge is 0.441 e. The Hall–Kier alpha value is -2.14. The predicted octanol–water partition coefficient (Wildman–Crippen LogP) is 2.13. The number of hydrogen-bond donors (Lipinski definition) is 2. The van der Waals surface area contributed by atoms with E-state index in [2.05, 4.69) is 10.3 Å². The van der Waals surface area contributed by atoms with Crippen LogP contribution >= 0.6 is 0 Å². The van der Waals surface area contributed by atoms with Crippen LogP contribution in [0.5, 0.6) is 0 Å². The number of carbonyl (C=O) groups is 1. The molecule has 2 aromatic rings. The molecule has 0 aliphatic carbocycles. The average Bonchev–Trinajstić information content (AvgIpc) is 2.95. The summed E-state index contributed by atoms with van der Waals surface area (Å²) in [6, 6.07) is 9.76. The number of nitrogens with two attached hydrogens (primary N) is 1. The molecule has 0 bridgehead atoms. The summed E-state index contributed by atoms with van der Waals surface area (Å²) in [5.74, 6) is 1.23. The maximum Gasteiger partial charge on any atom is 0.220 e. The lowest BCUT2D eigenvalue weighted by Crippen LogP contribution is -2.48. The first kappa shape index (κ1) is 15.3. The molecule has 0 spiro atoms. The molecule has 0 radical (unpaired) electrons. The molecule has 1 aromatic carbocycles. The van der Waals surface area contributed by atoms with Gasteiger partial charge in [0.15, 0.2) is 11.7 Å². The van der Waals surface area contributed by atoms with Crippen LogP contribution in [-0.4, -0.2) is 23.0 Å². The second kappa shape index (κ2) is 6.54. The predicted molar refractivity (Wildman–Crippen MR) is 81.5 cm³/mol. The molecule has 0 saturated heterocycles. The molecule has 0 saturated carbocycles. The summed E-state index contributed by atoms with van der Waals surface area (Å²) in [6.45, 7) is 4.18. The van der Waals surface area contributed by atoms with Crippen molar-refractivity contribution >= 4 is 5.91 Å². The van der Waals surface area contributed by atoms with Gasteiger partial charge in [-0.2, -0.15) is 0 Å². The lowest BCUT2D eigenvalue weighted by molar-refractivity contribution is -0.122. The van der Waals surface area contributed by atoms with Crippen LogP contribution in [0, 0.1) is 0 Å². The average molecular weight is 287 g/mol. The van der Waals surface area contributed by atoms with Gasteiger partial charge in [-0.25, -0.2) is 4.98 Å². The number of carbonyl (C=O) groups excluding carboxylic acids is 1. The van der Waals surface area contributed by atoms with Gasteiger partial charge in [-0.05, 0) is 13.8 Å². The Balaban J connectivity index is 1.90. The third kappa shape index (κ3) is 4.43. The van der Waals surface area contributed by atoms with Gasteiger partial charge in [0.2, 0.25) is 5.91 Å². The van der Waals surface area contributed by atoms with E-state index in [9.17, 15) is 4.79 Å². The van der Waals surface area contributed by atoms with Crippen LogP contribution in [0.25, 0.3) is 11.3 Å². The van der Waals surface area contributed by atoms with Gasteiger partial charge >= 0.3 is 0 Å². The standard InChI is InChI=1S/C16H21N3O2/c1-16(2,11-17)19-14(20)8-9-15-18-10-13(21-15)12-6-4-3-5-7-12/h3-7,10H,8-9,11,17H2,1-2H3,(H,19,20). The van der Waals surface area contributed by atoms with E-state index in [4.69, 9.17) is 10.2 Å². The number of aryl methyl sites for hydroxylation is 1. The fourth-order valence-corrected chi connectivity index (χ4v) is 1.87. The molecule has 112 valence electrons. The van der Waals surface area contributed by atoms with Crippen molar-refractivity contribution in [3.8, 4) is 11.3 Å². The van der Waals surface area contributed by atoms with Crippen LogP contribution in [0.15, 0.2) is 40.9 Å². The maximum absolute atomic E-state index is 11.8. The first-order valence-electron chi connectivity index (χ1n) is 7.01. The molecular weight excluding hydrogens is 266 g/mol. The first-order chi connectivity index (χ1) is 10.00. The van der Waals surface area contributed by atoms with Crippen molar-refractivity contribution in [3.63, 3.8) is 0 Å². The molecule has 1 heterocycles. The second-order valence-electron chi connectivity index (χ2n) is 5.62. The number of hydrogen-bond acceptors (Lipinski definition) is 4. The summed E-state index contributed by atoms with van der Waals surface area (Å²) in [7, 11) is 0. The van der Waals surface area contributed by atoms with Crippen molar-refractivity contribution in [2.24, 2.45) is 5.73 Å². The highest BCUT2D eigenvalue weighted by molar-refractivity contribution is 5.76. The molecular formula is C16H21N3O2. The summed E-state index contributed by atoms with van der Waals surface area (Å²) in [4.78, 5) is 16.0. The number of nitrogens with one attached hydrogen (secondary N) is 1. The van der Waals surface area contributed by atoms with E-state index in [0.29, 0.717) is 31.0 Å². The Bertz CT molecular complexity index is 591. The van der Waals surface area contributed by atoms with E-state index in [-0.39, 0.29) is 11.4 Å². The van der Waals surface area contributed by atoms with E-state index in [0.717, 1.165) is 5.56 Å². The van der Waals surface area contributed by atoms with Gasteiger partial charge in [0.1, 0.15) is 0 Å². The smallest absolute Gasteiger partial charge is 0.220 e. The molecule has 5 nitrogen and oxygen atoms in total. The van der Waals surface area contributed by atoms with Crippen LogP contribution in [0.2, 0.25) is 0 Å². The molecule has 0 aliphatic heterocycles. The van der Waals surface area contributed by atoms with Gasteiger partial charge in [-0.1, -0.05) is 30.3 Å². The molecule has 0 atom stereocenters. The van der Waals surface area contributed by atoms with E-state index in [1.165, 1.54) is 0 Å². The number of amides is 1. The van der Waals surface area contributed by atoms with Gasteiger partial charge in [0, 0.05) is 30.5 Å². The zero-order chi connectivity index (χ0) is 15.3. The van der Waals surface area contributed by atoms with Crippen LogP contribution in [-0.2, 0) is 11.2 Å². The van der Waals surface area contributed by atoms with Gasteiger partial charge in [0.25, 0.3) is 0 Å². The highest BCUT2D eigenvalue weighted by Crippen LogP contribution is 2.20. The number of benzene rings is 1. The van der Waals surface area contributed by atoms with Crippen molar-refractivity contribution in [1.82, 2.24) is 10.3 Å². The fourth-order valence-electron chi connectivity index (χ4n) is 1.87. The quantitative estimate of drug-likeness (QED) is 0.852. The summed E-state index contributed by atoms with van der Waals surface area (Å²) in [6.07, 6.45) is 2.49. The molecule has 3 N–H and O–H groups in total. The Labute approximate surface area is 124 Å². The van der Waals surface area contributed by atoms with Crippen molar-refractivity contribution in [2.45, 2.75) is 32.2 Å². The Morgan fingerprint density at radius 2 is 2.05 bits per heavy atom. The van der Waals surface area contributed by atoms with Gasteiger partial charge < -0.3 is 15.5 Å².